The summed E-state index contributed by atoms with van der Waals surface area (Å²) in [6.07, 6.45) is 6.70. The van der Waals surface area contributed by atoms with Crippen LogP contribution >= 0.6 is 0 Å². The molecule has 2 unspecified atom stereocenters. The molecule has 0 bridgehead atoms. The summed E-state index contributed by atoms with van der Waals surface area (Å²) in [5.41, 5.74) is 5.10. The zero-order valence-electron chi connectivity index (χ0n) is 25.3. The van der Waals surface area contributed by atoms with Crippen molar-refractivity contribution in [2.75, 3.05) is 0 Å². The smallest absolute Gasteiger partial charge is 0.488 e. The molecule has 0 radical (unpaired) electrons. The van der Waals surface area contributed by atoms with E-state index in [1.807, 2.05) is 0 Å². The van der Waals surface area contributed by atoms with Crippen molar-refractivity contribution in [3.8, 4) is 11.5 Å². The van der Waals surface area contributed by atoms with Crippen LogP contribution < -0.4 is 28.3 Å². The first-order chi connectivity index (χ1) is 17.5. The van der Waals surface area contributed by atoms with Crippen molar-refractivity contribution in [2.24, 2.45) is 0 Å². The van der Waals surface area contributed by atoms with Crippen molar-refractivity contribution >= 4 is 0 Å². The van der Waals surface area contributed by atoms with Crippen LogP contribution in [0.3, 0.4) is 0 Å². The number of rotatable bonds is 11. The van der Waals surface area contributed by atoms with Crippen LogP contribution in [0.2, 0.25) is 0 Å². The minimum absolute atomic E-state index is 0. The molecule has 3 rings (SSSR count). The topological polar surface area (TPSA) is 18.5 Å². The Bertz CT molecular complexity index is 1070. The Kier molecular flexibility index (Phi) is 11.9. The standard InChI is InChI=1S/C35H47O2.Li/c1-9-28(30-17-21-32(22-18-30)36-34(3,4)5)16-15-26-11-13-27(14-12-26)25-29(10-2)31-19-23-33(24-20-31)37-35(6,7)8;/h11-15,17-24,28-29H,9-10,16,25H2,1-8H3;/q-1;+1. The second kappa shape index (κ2) is 14.2. The Labute approximate surface area is 244 Å². The summed E-state index contributed by atoms with van der Waals surface area (Å²) in [6.45, 7) is 17.0. The number of hydrogen-bond acceptors (Lipinski definition) is 2. The van der Waals surface area contributed by atoms with Crippen LogP contribution in [0.15, 0.2) is 72.8 Å². The van der Waals surface area contributed by atoms with Crippen LogP contribution in [-0.4, -0.2) is 11.2 Å². The summed E-state index contributed by atoms with van der Waals surface area (Å²) < 4.78 is 12.0. The number of ether oxygens (including phenoxy) is 2. The molecule has 3 aromatic carbocycles. The first-order valence-electron chi connectivity index (χ1n) is 14.0. The van der Waals surface area contributed by atoms with Gasteiger partial charge >= 0.3 is 18.9 Å². The fourth-order valence-electron chi connectivity index (χ4n) is 4.71. The van der Waals surface area contributed by atoms with E-state index in [0.29, 0.717) is 11.8 Å². The number of hydrogen-bond donors (Lipinski definition) is 0. The Morgan fingerprint density at radius 1 is 0.605 bits per heavy atom. The second-order valence-corrected chi connectivity index (χ2v) is 12.2. The van der Waals surface area contributed by atoms with E-state index in [9.17, 15) is 0 Å². The van der Waals surface area contributed by atoms with Crippen molar-refractivity contribution in [2.45, 2.75) is 104 Å². The Hall–Kier alpha value is -2.27. The summed E-state index contributed by atoms with van der Waals surface area (Å²) in [7, 11) is 0. The van der Waals surface area contributed by atoms with Crippen molar-refractivity contribution in [1.82, 2.24) is 0 Å². The van der Waals surface area contributed by atoms with Gasteiger partial charge in [-0.15, -0.1) is 12.1 Å². The van der Waals surface area contributed by atoms with Crippen molar-refractivity contribution in [3.63, 3.8) is 0 Å². The van der Waals surface area contributed by atoms with Gasteiger partial charge in [0.05, 0.1) is 0 Å². The average Bonchev–Trinajstić information content (AvgIpc) is 2.83. The Balaban J connectivity index is 0.00000507. The monoisotopic (exact) mass is 506 g/mol. The van der Waals surface area contributed by atoms with Gasteiger partial charge in [0, 0.05) is 0 Å². The van der Waals surface area contributed by atoms with E-state index in [2.05, 4.69) is 135 Å². The third-order valence-electron chi connectivity index (χ3n) is 6.64. The molecule has 0 aliphatic carbocycles. The first kappa shape index (κ1) is 31.9. The SMILES string of the molecule is CCC(C[CH-]c1ccc(CC(CC)c2ccc(OC(C)(C)C)cc2)cc1)c1ccc(OC(C)(C)C)cc1.[Li+]. The molecule has 38 heavy (non-hydrogen) atoms. The van der Waals surface area contributed by atoms with Gasteiger partial charge in [0.2, 0.25) is 0 Å². The quantitative estimate of drug-likeness (QED) is 0.208. The molecule has 200 valence electrons. The van der Waals surface area contributed by atoms with E-state index in [-0.39, 0.29) is 30.1 Å². The third-order valence-corrected chi connectivity index (χ3v) is 6.64. The van der Waals surface area contributed by atoms with Gasteiger partial charge in [0.25, 0.3) is 0 Å². The maximum Gasteiger partial charge on any atom is 1.00 e. The van der Waals surface area contributed by atoms with Crippen LogP contribution in [0.25, 0.3) is 0 Å². The minimum atomic E-state index is -0.173. The molecule has 0 aliphatic heterocycles. The van der Waals surface area contributed by atoms with E-state index in [1.54, 1.807) is 0 Å². The molecule has 0 spiro atoms. The predicted molar refractivity (Wildman–Crippen MR) is 158 cm³/mol. The van der Waals surface area contributed by atoms with Gasteiger partial charge < -0.3 is 9.47 Å². The Morgan fingerprint density at radius 2 is 1.03 bits per heavy atom. The van der Waals surface area contributed by atoms with Crippen molar-refractivity contribution in [3.05, 3.63) is 101 Å². The molecule has 0 N–H and O–H groups in total. The first-order valence-corrected chi connectivity index (χ1v) is 14.0. The molecule has 3 heteroatoms. The van der Waals surface area contributed by atoms with E-state index in [1.165, 1.54) is 22.3 Å². The summed E-state index contributed by atoms with van der Waals surface area (Å²) in [4.78, 5) is 0. The van der Waals surface area contributed by atoms with E-state index in [0.717, 1.165) is 37.2 Å². The van der Waals surface area contributed by atoms with E-state index in [4.69, 9.17) is 9.47 Å². The molecular formula is C35H47LiO2. The summed E-state index contributed by atoms with van der Waals surface area (Å²) in [6, 6.07) is 26.5. The predicted octanol–water partition coefficient (Wildman–Crippen LogP) is 6.92. The Morgan fingerprint density at radius 3 is 1.42 bits per heavy atom. The van der Waals surface area contributed by atoms with Gasteiger partial charge in [0.15, 0.2) is 0 Å². The summed E-state index contributed by atoms with van der Waals surface area (Å²) in [5.74, 6) is 2.89. The molecule has 0 aliphatic rings. The van der Waals surface area contributed by atoms with Crippen LogP contribution in [0, 0.1) is 6.42 Å². The zero-order valence-corrected chi connectivity index (χ0v) is 25.3. The molecule has 0 aromatic heterocycles. The van der Waals surface area contributed by atoms with Gasteiger partial charge in [-0.3, -0.25) is 0 Å². The normalized spacial score (nSPS) is 13.3. The van der Waals surface area contributed by atoms with Crippen LogP contribution in [0.5, 0.6) is 11.5 Å². The van der Waals surface area contributed by atoms with Crippen molar-refractivity contribution in [1.29, 1.82) is 0 Å². The molecule has 0 saturated heterocycles. The summed E-state index contributed by atoms with van der Waals surface area (Å²) in [5, 5.41) is 0. The zero-order chi connectivity index (χ0) is 27.1. The molecule has 2 atom stereocenters. The van der Waals surface area contributed by atoms with Gasteiger partial charge in [-0.2, -0.15) is 24.1 Å². The van der Waals surface area contributed by atoms with Crippen molar-refractivity contribution < 1.29 is 28.3 Å². The van der Waals surface area contributed by atoms with E-state index < -0.39 is 0 Å². The van der Waals surface area contributed by atoms with E-state index >= 15 is 0 Å². The van der Waals surface area contributed by atoms with Gasteiger partial charge in [-0.05, 0) is 108 Å². The molecule has 0 fully saturated rings. The minimum Gasteiger partial charge on any atom is -0.488 e. The maximum absolute atomic E-state index is 5.99. The molecular weight excluding hydrogens is 459 g/mol. The van der Waals surface area contributed by atoms with Gasteiger partial charge in [-0.25, -0.2) is 0 Å². The van der Waals surface area contributed by atoms with Crippen LogP contribution in [0.1, 0.15) is 109 Å². The van der Waals surface area contributed by atoms with Gasteiger partial charge in [0.1, 0.15) is 22.7 Å². The van der Waals surface area contributed by atoms with Crippen LogP contribution in [0.4, 0.5) is 0 Å². The number of benzene rings is 3. The van der Waals surface area contributed by atoms with Gasteiger partial charge in [-0.1, -0.05) is 50.1 Å². The maximum atomic E-state index is 5.99. The fraction of sp³-hybridized carbons (Fsp3) is 0.457. The molecule has 0 saturated carbocycles. The molecule has 3 aromatic rings. The third kappa shape index (κ3) is 10.5. The largest absolute Gasteiger partial charge is 1.00 e. The molecule has 0 heterocycles. The molecule has 2 nitrogen and oxygen atoms in total. The second-order valence-electron chi connectivity index (χ2n) is 12.2. The average molecular weight is 507 g/mol. The fourth-order valence-corrected chi connectivity index (χ4v) is 4.71. The summed E-state index contributed by atoms with van der Waals surface area (Å²) >= 11 is 0. The van der Waals surface area contributed by atoms with Crippen LogP contribution in [-0.2, 0) is 6.42 Å². The molecule has 0 amide bonds.